The van der Waals surface area contributed by atoms with Crippen LogP contribution in [0.15, 0.2) is 91.0 Å². The number of nitrogens with zero attached hydrogens (tertiary/aromatic N) is 1. The van der Waals surface area contributed by atoms with E-state index in [0.29, 0.717) is 5.82 Å². The van der Waals surface area contributed by atoms with E-state index in [4.69, 9.17) is 5.11 Å². The first-order valence-electron chi connectivity index (χ1n) is 8.97. The third kappa shape index (κ3) is 8.97. The zero-order valence-corrected chi connectivity index (χ0v) is 16.0. The monoisotopic (exact) mass is 386 g/mol. The van der Waals surface area contributed by atoms with Crippen molar-refractivity contribution in [2.45, 2.75) is 6.92 Å². The number of hydrogen-bond donors (Lipinski definition) is 2. The van der Waals surface area contributed by atoms with Crippen molar-refractivity contribution < 1.29 is 14.7 Å². The van der Waals surface area contributed by atoms with Crippen LogP contribution < -0.4 is 5.32 Å². The molecule has 0 saturated carbocycles. The number of carboxylic acid groups (broad SMARTS) is 1. The van der Waals surface area contributed by atoms with Crippen molar-refractivity contribution in [3.63, 3.8) is 0 Å². The van der Waals surface area contributed by atoms with E-state index in [1.165, 1.54) is 6.08 Å². The van der Waals surface area contributed by atoms with Crippen LogP contribution in [0.25, 0.3) is 12.2 Å². The van der Waals surface area contributed by atoms with Crippen LogP contribution in [0.3, 0.4) is 0 Å². The van der Waals surface area contributed by atoms with Crippen LogP contribution in [0.4, 0.5) is 5.82 Å². The van der Waals surface area contributed by atoms with E-state index in [1.54, 1.807) is 18.2 Å². The van der Waals surface area contributed by atoms with Gasteiger partial charge >= 0.3 is 5.97 Å². The SMILES string of the molecule is Cc1cccc(NC(=O)/C=C/c2ccccc2)n1.O=C(O)/C=C/c1ccccc1. The van der Waals surface area contributed by atoms with Gasteiger partial charge in [0.15, 0.2) is 0 Å². The van der Waals surface area contributed by atoms with E-state index in [2.05, 4.69) is 10.3 Å². The van der Waals surface area contributed by atoms with Crippen LogP contribution in [0.2, 0.25) is 0 Å². The number of aromatic nitrogens is 1. The Morgan fingerprint density at radius 2 is 1.34 bits per heavy atom. The summed E-state index contributed by atoms with van der Waals surface area (Å²) >= 11 is 0. The standard InChI is InChI=1S/C15H14N2O.C9H8O2/c1-12-6-5-9-14(16-12)17-15(18)11-10-13-7-3-2-4-8-13;10-9(11)7-6-8-4-2-1-3-5-8/h2-11H,1H3,(H,16,17,18);1-7H,(H,10,11)/b11-10+;7-6+. The molecule has 29 heavy (non-hydrogen) atoms. The molecule has 0 saturated heterocycles. The van der Waals surface area contributed by atoms with Gasteiger partial charge in [-0.25, -0.2) is 9.78 Å². The minimum atomic E-state index is -0.922. The molecule has 2 aromatic carbocycles. The molecule has 0 aliphatic carbocycles. The molecule has 3 aromatic rings. The lowest BCUT2D eigenvalue weighted by Crippen LogP contribution is -2.09. The predicted molar refractivity (Wildman–Crippen MR) is 116 cm³/mol. The molecule has 0 aliphatic rings. The van der Waals surface area contributed by atoms with Gasteiger partial charge in [0, 0.05) is 17.8 Å². The van der Waals surface area contributed by atoms with Gasteiger partial charge in [0.2, 0.25) is 5.91 Å². The van der Waals surface area contributed by atoms with Gasteiger partial charge in [0.05, 0.1) is 0 Å². The molecule has 146 valence electrons. The molecule has 0 bridgehead atoms. The van der Waals surface area contributed by atoms with Gasteiger partial charge in [-0.1, -0.05) is 66.7 Å². The number of carbonyl (C=O) groups excluding carboxylic acids is 1. The number of nitrogens with one attached hydrogen (secondary N) is 1. The first-order valence-corrected chi connectivity index (χ1v) is 8.97. The lowest BCUT2D eigenvalue weighted by atomic mass is 10.2. The predicted octanol–water partition coefficient (Wildman–Crippen LogP) is 4.83. The smallest absolute Gasteiger partial charge is 0.328 e. The quantitative estimate of drug-likeness (QED) is 0.616. The van der Waals surface area contributed by atoms with Crippen LogP contribution in [0, 0.1) is 6.92 Å². The van der Waals surface area contributed by atoms with Crippen molar-refractivity contribution >= 4 is 29.8 Å². The molecule has 0 fully saturated rings. The number of rotatable bonds is 5. The largest absolute Gasteiger partial charge is 0.478 e. The Morgan fingerprint density at radius 3 is 1.86 bits per heavy atom. The van der Waals surface area contributed by atoms with Crippen molar-refractivity contribution in [3.05, 3.63) is 108 Å². The van der Waals surface area contributed by atoms with E-state index in [-0.39, 0.29) is 5.91 Å². The van der Waals surface area contributed by atoms with Crippen molar-refractivity contribution in [1.82, 2.24) is 4.98 Å². The maximum atomic E-state index is 11.7. The summed E-state index contributed by atoms with van der Waals surface area (Å²) in [6.07, 6.45) is 5.95. The molecular weight excluding hydrogens is 364 g/mol. The topological polar surface area (TPSA) is 79.3 Å². The molecule has 3 rings (SSSR count). The Kier molecular flexibility index (Phi) is 8.57. The summed E-state index contributed by atoms with van der Waals surface area (Å²) in [6, 6.07) is 24.5. The second-order valence-corrected chi connectivity index (χ2v) is 5.98. The molecule has 0 radical (unpaired) electrons. The normalized spacial score (nSPS) is 10.4. The number of amides is 1. The van der Waals surface area contributed by atoms with E-state index in [0.717, 1.165) is 22.9 Å². The number of aryl methyl sites for hydroxylation is 1. The third-order valence-electron chi connectivity index (χ3n) is 3.58. The average molecular weight is 386 g/mol. The second-order valence-electron chi connectivity index (χ2n) is 5.98. The summed E-state index contributed by atoms with van der Waals surface area (Å²) < 4.78 is 0. The van der Waals surface area contributed by atoms with Gasteiger partial charge in [-0.3, -0.25) is 4.79 Å². The maximum absolute atomic E-state index is 11.7. The Bertz CT molecular complexity index is 981. The van der Waals surface area contributed by atoms with Crippen LogP contribution in [0.5, 0.6) is 0 Å². The lowest BCUT2D eigenvalue weighted by Gasteiger charge is -2.01. The van der Waals surface area contributed by atoms with Gasteiger partial charge in [0.25, 0.3) is 0 Å². The molecule has 0 unspecified atom stereocenters. The highest BCUT2D eigenvalue weighted by molar-refractivity contribution is 6.01. The highest BCUT2D eigenvalue weighted by atomic mass is 16.4. The molecule has 1 aromatic heterocycles. The second kappa shape index (κ2) is 11.7. The van der Waals surface area contributed by atoms with Crippen molar-refractivity contribution in [2.75, 3.05) is 5.32 Å². The zero-order chi connectivity index (χ0) is 20.9. The molecule has 0 spiro atoms. The highest BCUT2D eigenvalue weighted by Crippen LogP contribution is 2.05. The number of aliphatic carboxylic acids is 1. The minimum Gasteiger partial charge on any atom is -0.478 e. The van der Waals surface area contributed by atoms with Gasteiger partial charge < -0.3 is 10.4 Å². The van der Waals surface area contributed by atoms with Gasteiger partial charge in [-0.05, 0) is 42.3 Å². The highest BCUT2D eigenvalue weighted by Gasteiger charge is 1.98. The maximum Gasteiger partial charge on any atom is 0.328 e. The molecule has 1 heterocycles. The number of carbonyl (C=O) groups is 2. The lowest BCUT2D eigenvalue weighted by molar-refractivity contribution is -0.131. The molecule has 2 N–H and O–H groups in total. The van der Waals surface area contributed by atoms with E-state index < -0.39 is 5.97 Å². The summed E-state index contributed by atoms with van der Waals surface area (Å²) in [6.45, 7) is 1.88. The Labute approximate surface area is 170 Å². The van der Waals surface area contributed by atoms with E-state index in [9.17, 15) is 9.59 Å². The summed E-state index contributed by atoms with van der Waals surface area (Å²) in [5.41, 5.74) is 2.76. The number of anilines is 1. The zero-order valence-electron chi connectivity index (χ0n) is 16.0. The molecular formula is C24H22N2O3. The molecule has 5 nitrogen and oxygen atoms in total. The first-order chi connectivity index (χ1) is 14.0. The van der Waals surface area contributed by atoms with Crippen LogP contribution in [0.1, 0.15) is 16.8 Å². The van der Waals surface area contributed by atoms with Crippen molar-refractivity contribution in [3.8, 4) is 0 Å². The molecule has 0 aliphatic heterocycles. The fourth-order valence-corrected chi connectivity index (χ4v) is 2.25. The van der Waals surface area contributed by atoms with Crippen LogP contribution in [-0.4, -0.2) is 22.0 Å². The summed E-state index contributed by atoms with van der Waals surface area (Å²) in [5.74, 6) is -0.538. The number of benzene rings is 2. The average Bonchev–Trinajstić information content (AvgIpc) is 2.73. The Morgan fingerprint density at radius 1 is 0.793 bits per heavy atom. The fourth-order valence-electron chi connectivity index (χ4n) is 2.25. The fraction of sp³-hybridized carbons (Fsp3) is 0.0417. The van der Waals surface area contributed by atoms with Crippen molar-refractivity contribution in [1.29, 1.82) is 0 Å². The Balaban J connectivity index is 0.000000234. The van der Waals surface area contributed by atoms with Gasteiger partial charge in [0.1, 0.15) is 5.82 Å². The summed E-state index contributed by atoms with van der Waals surface area (Å²) in [7, 11) is 0. The van der Waals surface area contributed by atoms with Gasteiger partial charge in [-0.15, -0.1) is 0 Å². The molecule has 5 heteroatoms. The van der Waals surface area contributed by atoms with E-state index >= 15 is 0 Å². The summed E-state index contributed by atoms with van der Waals surface area (Å²) in [5, 5.41) is 11.0. The van der Waals surface area contributed by atoms with E-state index in [1.807, 2.05) is 79.7 Å². The van der Waals surface area contributed by atoms with Crippen LogP contribution in [-0.2, 0) is 9.59 Å². The van der Waals surface area contributed by atoms with Crippen LogP contribution >= 0.6 is 0 Å². The van der Waals surface area contributed by atoms with Gasteiger partial charge in [-0.2, -0.15) is 0 Å². The molecule has 1 amide bonds. The number of carboxylic acids is 1. The summed E-state index contributed by atoms with van der Waals surface area (Å²) in [4.78, 5) is 25.9. The number of hydrogen-bond acceptors (Lipinski definition) is 3. The third-order valence-corrected chi connectivity index (χ3v) is 3.58. The van der Waals surface area contributed by atoms with Crippen molar-refractivity contribution in [2.24, 2.45) is 0 Å². The Hall–Kier alpha value is -3.99. The first kappa shape index (κ1) is 21.3. The minimum absolute atomic E-state index is 0.183. The molecule has 0 atom stereocenters. The number of pyridine rings is 1.